The van der Waals surface area contributed by atoms with Crippen molar-refractivity contribution in [2.75, 3.05) is 0 Å². The highest BCUT2D eigenvalue weighted by molar-refractivity contribution is 5.94. The van der Waals surface area contributed by atoms with Crippen LogP contribution in [-0.2, 0) is 4.79 Å². The summed E-state index contributed by atoms with van der Waals surface area (Å²) in [6, 6.07) is 17.7. The van der Waals surface area contributed by atoms with Gasteiger partial charge in [-0.1, -0.05) is 42.5 Å². The largest absolute Gasteiger partial charge is 0.360 e. The third-order valence-electron chi connectivity index (χ3n) is 3.43. The van der Waals surface area contributed by atoms with Crippen LogP contribution in [0.15, 0.2) is 60.8 Å². The van der Waals surface area contributed by atoms with E-state index < -0.39 is 0 Å². The quantitative estimate of drug-likeness (QED) is 0.584. The first-order chi connectivity index (χ1) is 10.3. The van der Waals surface area contributed by atoms with Crippen molar-refractivity contribution < 1.29 is 4.79 Å². The van der Waals surface area contributed by atoms with Crippen LogP contribution in [0, 0.1) is 11.3 Å². The van der Waals surface area contributed by atoms with Crippen molar-refractivity contribution in [3.8, 4) is 6.07 Å². The summed E-state index contributed by atoms with van der Waals surface area (Å²) in [5.74, 6) is 0. The van der Waals surface area contributed by atoms with E-state index in [1.807, 2.05) is 48.5 Å². The average Bonchev–Trinajstić information content (AvgIpc) is 2.95. The number of allylic oxidation sites excluding steroid dienone is 1. The monoisotopic (exact) mass is 272 g/mol. The Hall–Kier alpha value is -3.12. The van der Waals surface area contributed by atoms with Crippen molar-refractivity contribution in [2.45, 2.75) is 0 Å². The Labute approximate surface area is 122 Å². The molecule has 0 unspecified atom stereocenters. The molecule has 1 aromatic heterocycles. The van der Waals surface area contributed by atoms with Gasteiger partial charge in [0.25, 0.3) is 0 Å². The molecule has 0 radical (unpaired) electrons. The average molecular weight is 272 g/mol. The van der Waals surface area contributed by atoms with Crippen LogP contribution in [0.1, 0.15) is 16.7 Å². The van der Waals surface area contributed by atoms with Crippen LogP contribution in [0.3, 0.4) is 0 Å². The molecule has 3 aromatic rings. The summed E-state index contributed by atoms with van der Waals surface area (Å²) < 4.78 is 0. The molecule has 21 heavy (non-hydrogen) atoms. The van der Waals surface area contributed by atoms with E-state index in [2.05, 4.69) is 11.1 Å². The number of carbonyl (C=O) groups is 1. The zero-order valence-electron chi connectivity index (χ0n) is 11.2. The number of benzene rings is 2. The zero-order valence-corrected chi connectivity index (χ0v) is 11.2. The number of carbonyl (C=O) groups excluding carboxylic acids is 1. The molecule has 0 aliphatic carbocycles. The van der Waals surface area contributed by atoms with Crippen LogP contribution in [0.5, 0.6) is 0 Å². The molecule has 3 nitrogen and oxygen atoms in total. The van der Waals surface area contributed by atoms with Gasteiger partial charge in [0.2, 0.25) is 0 Å². The van der Waals surface area contributed by atoms with Gasteiger partial charge in [0.05, 0.1) is 5.56 Å². The molecule has 100 valence electrons. The SMILES string of the molecule is N#Cc1c[nH]c2cc(/C(=C/C=O)c3ccccc3)ccc12. The topological polar surface area (TPSA) is 56.6 Å². The molecule has 1 heterocycles. The van der Waals surface area contributed by atoms with Crippen LogP contribution >= 0.6 is 0 Å². The lowest BCUT2D eigenvalue weighted by Gasteiger charge is -2.07. The van der Waals surface area contributed by atoms with Gasteiger partial charge in [0.1, 0.15) is 12.4 Å². The molecule has 0 amide bonds. The lowest BCUT2D eigenvalue weighted by Crippen LogP contribution is -1.89. The number of fused-ring (bicyclic) bond motifs is 1. The van der Waals surface area contributed by atoms with Gasteiger partial charge in [0, 0.05) is 17.1 Å². The summed E-state index contributed by atoms with van der Waals surface area (Å²) >= 11 is 0. The Bertz CT molecular complexity index is 867. The zero-order chi connectivity index (χ0) is 14.7. The molecule has 0 aliphatic rings. The predicted octanol–water partition coefficient (Wildman–Crippen LogP) is 3.67. The summed E-state index contributed by atoms with van der Waals surface area (Å²) in [5, 5.41) is 9.93. The van der Waals surface area contributed by atoms with E-state index in [4.69, 9.17) is 5.26 Å². The van der Waals surface area contributed by atoms with Crippen LogP contribution < -0.4 is 0 Å². The first-order valence-electron chi connectivity index (χ1n) is 6.56. The minimum atomic E-state index is 0.622. The van der Waals surface area contributed by atoms with Crippen LogP contribution in [0.25, 0.3) is 16.5 Å². The van der Waals surface area contributed by atoms with Crippen molar-refractivity contribution in [1.29, 1.82) is 5.26 Å². The molecule has 0 spiro atoms. The second-order valence-corrected chi connectivity index (χ2v) is 4.66. The van der Waals surface area contributed by atoms with E-state index in [9.17, 15) is 4.79 Å². The van der Waals surface area contributed by atoms with Gasteiger partial charge >= 0.3 is 0 Å². The van der Waals surface area contributed by atoms with E-state index in [0.717, 1.165) is 33.9 Å². The van der Waals surface area contributed by atoms with E-state index in [1.54, 1.807) is 12.3 Å². The molecular formula is C18H12N2O. The Morgan fingerprint density at radius 3 is 2.62 bits per heavy atom. The fourth-order valence-corrected chi connectivity index (χ4v) is 2.43. The van der Waals surface area contributed by atoms with Crippen molar-refractivity contribution in [1.82, 2.24) is 4.98 Å². The molecular weight excluding hydrogens is 260 g/mol. The second kappa shape index (κ2) is 5.48. The summed E-state index contributed by atoms with van der Waals surface area (Å²) in [6.07, 6.45) is 4.05. The molecule has 0 aliphatic heterocycles. The highest BCUT2D eigenvalue weighted by atomic mass is 16.1. The number of rotatable bonds is 3. The van der Waals surface area contributed by atoms with E-state index in [0.29, 0.717) is 5.56 Å². The summed E-state index contributed by atoms with van der Waals surface area (Å²) in [4.78, 5) is 14.0. The van der Waals surface area contributed by atoms with Crippen LogP contribution in [-0.4, -0.2) is 11.3 Å². The number of aldehydes is 1. The maximum atomic E-state index is 10.9. The number of aromatic nitrogens is 1. The fraction of sp³-hybridized carbons (Fsp3) is 0. The van der Waals surface area contributed by atoms with Crippen molar-refractivity contribution >= 4 is 22.8 Å². The highest BCUT2D eigenvalue weighted by Crippen LogP contribution is 2.27. The summed E-state index contributed by atoms with van der Waals surface area (Å²) in [7, 11) is 0. The molecule has 0 saturated heterocycles. The first-order valence-corrected chi connectivity index (χ1v) is 6.56. The number of aromatic amines is 1. The number of nitrogens with one attached hydrogen (secondary N) is 1. The van der Waals surface area contributed by atoms with Gasteiger partial charge in [-0.25, -0.2) is 0 Å². The maximum Gasteiger partial charge on any atom is 0.143 e. The molecule has 0 bridgehead atoms. The lowest BCUT2D eigenvalue weighted by atomic mass is 9.96. The number of nitrogens with zero attached hydrogens (tertiary/aromatic N) is 1. The Kier molecular flexibility index (Phi) is 3.36. The molecule has 0 fully saturated rings. The number of nitriles is 1. The van der Waals surface area contributed by atoms with Crippen molar-refractivity contribution in [3.63, 3.8) is 0 Å². The van der Waals surface area contributed by atoms with Crippen LogP contribution in [0.4, 0.5) is 0 Å². The van der Waals surface area contributed by atoms with E-state index >= 15 is 0 Å². The summed E-state index contributed by atoms with van der Waals surface area (Å²) in [5.41, 5.74) is 4.29. The maximum absolute atomic E-state index is 10.9. The molecule has 3 rings (SSSR count). The normalized spacial score (nSPS) is 11.3. The van der Waals surface area contributed by atoms with Crippen LogP contribution in [0.2, 0.25) is 0 Å². The van der Waals surface area contributed by atoms with Gasteiger partial charge in [0.15, 0.2) is 0 Å². The number of hydrogen-bond donors (Lipinski definition) is 1. The summed E-state index contributed by atoms with van der Waals surface area (Å²) in [6.45, 7) is 0. The Morgan fingerprint density at radius 2 is 1.90 bits per heavy atom. The standard InChI is InChI=1S/C18H12N2O/c19-11-15-12-20-18-10-14(6-7-17(15)18)16(8-9-21)13-4-2-1-3-5-13/h1-10,12,20H/b16-8+. The molecule has 2 aromatic carbocycles. The van der Waals surface area contributed by atoms with Gasteiger partial charge in [-0.05, 0) is 28.8 Å². The molecule has 3 heteroatoms. The van der Waals surface area contributed by atoms with E-state index in [-0.39, 0.29) is 0 Å². The van der Waals surface area contributed by atoms with Gasteiger partial charge in [-0.3, -0.25) is 4.79 Å². The Balaban J connectivity index is 2.15. The van der Waals surface area contributed by atoms with E-state index in [1.165, 1.54) is 0 Å². The lowest BCUT2D eigenvalue weighted by molar-refractivity contribution is -0.104. The van der Waals surface area contributed by atoms with Crippen molar-refractivity contribution in [3.05, 3.63) is 77.5 Å². The van der Waals surface area contributed by atoms with Gasteiger partial charge in [-0.15, -0.1) is 0 Å². The smallest absolute Gasteiger partial charge is 0.143 e. The molecule has 0 saturated carbocycles. The third kappa shape index (κ3) is 2.35. The highest BCUT2D eigenvalue weighted by Gasteiger charge is 2.08. The molecule has 0 atom stereocenters. The predicted molar refractivity (Wildman–Crippen MR) is 82.6 cm³/mol. The second-order valence-electron chi connectivity index (χ2n) is 4.66. The molecule has 1 N–H and O–H groups in total. The number of H-pyrrole nitrogens is 1. The number of hydrogen-bond acceptors (Lipinski definition) is 2. The Morgan fingerprint density at radius 1 is 1.10 bits per heavy atom. The minimum absolute atomic E-state index is 0.622. The van der Waals surface area contributed by atoms with Gasteiger partial charge < -0.3 is 4.98 Å². The fourth-order valence-electron chi connectivity index (χ4n) is 2.43. The van der Waals surface area contributed by atoms with Gasteiger partial charge in [-0.2, -0.15) is 5.26 Å². The van der Waals surface area contributed by atoms with Crippen molar-refractivity contribution in [2.24, 2.45) is 0 Å². The minimum Gasteiger partial charge on any atom is -0.360 e. The first kappa shape index (κ1) is 12.9. The third-order valence-corrected chi connectivity index (χ3v) is 3.43.